The molecule has 172 valence electrons. The van der Waals surface area contributed by atoms with Crippen LogP contribution in [0.25, 0.3) is 0 Å². The van der Waals surface area contributed by atoms with E-state index < -0.39 is 24.8 Å². The zero-order valence-electron chi connectivity index (χ0n) is 17.5. The lowest BCUT2D eigenvalue weighted by Crippen LogP contribution is -2.25. The number of aryl methyl sites for hydroxylation is 1. The zero-order chi connectivity index (χ0) is 23.3. The predicted octanol–water partition coefficient (Wildman–Crippen LogP) is 3.15. The number of methoxy groups -OCH3 is 3. The van der Waals surface area contributed by atoms with Gasteiger partial charge in [0, 0.05) is 18.2 Å². The molecule has 0 atom stereocenters. The van der Waals surface area contributed by atoms with Gasteiger partial charge in [-0.15, -0.1) is 8.78 Å². The highest BCUT2D eigenvalue weighted by molar-refractivity contribution is 5.93. The van der Waals surface area contributed by atoms with Gasteiger partial charge in [-0.25, -0.2) is 0 Å². The third-order valence-electron chi connectivity index (χ3n) is 4.39. The summed E-state index contributed by atoms with van der Waals surface area (Å²) in [5.74, 6) is -0.255. The molecule has 0 radical (unpaired) electrons. The van der Waals surface area contributed by atoms with E-state index in [-0.39, 0.29) is 23.6 Å². The summed E-state index contributed by atoms with van der Waals surface area (Å²) in [7, 11) is 4.46. The number of anilines is 1. The first-order valence-corrected chi connectivity index (χ1v) is 9.39. The summed E-state index contributed by atoms with van der Waals surface area (Å²) in [5, 5.41) is 2.43. The van der Waals surface area contributed by atoms with E-state index >= 15 is 0 Å². The summed E-state index contributed by atoms with van der Waals surface area (Å²) >= 11 is 0. The second kappa shape index (κ2) is 9.58. The van der Waals surface area contributed by atoms with Crippen LogP contribution in [0.4, 0.5) is 14.5 Å². The fraction of sp³-hybridized carbons (Fsp3) is 0.333. The Hall–Kier alpha value is -3.76. The van der Waals surface area contributed by atoms with E-state index in [9.17, 15) is 18.4 Å². The smallest absolute Gasteiger partial charge is 0.493 e. The van der Waals surface area contributed by atoms with Crippen molar-refractivity contribution in [2.45, 2.75) is 19.1 Å². The van der Waals surface area contributed by atoms with Crippen molar-refractivity contribution in [3.05, 3.63) is 35.9 Å². The van der Waals surface area contributed by atoms with Crippen molar-refractivity contribution in [1.82, 2.24) is 0 Å². The number of carbonyl (C=O) groups excluding carboxylic acids is 2. The average Bonchev–Trinajstić information content (AvgIpc) is 3.08. The molecule has 2 aromatic carbocycles. The number of amides is 1. The van der Waals surface area contributed by atoms with Crippen LogP contribution in [0.15, 0.2) is 30.3 Å². The van der Waals surface area contributed by atoms with Gasteiger partial charge in [0.1, 0.15) is 0 Å². The standard InChI is InChI=1S/C21H21F2NO8/c1-27-16-8-12(9-17(28-2)20(16)29-3)4-7-19(26)30-11-18(25)24-13-5-6-14-15(10-13)32-21(22,23)31-14/h5-6,8-10H,4,7,11H2,1-3H3,(H,24,25). The van der Waals surface area contributed by atoms with Crippen LogP contribution >= 0.6 is 0 Å². The first-order chi connectivity index (χ1) is 15.2. The Labute approximate surface area is 182 Å². The SMILES string of the molecule is COc1cc(CCC(=O)OCC(=O)Nc2ccc3c(c2)OC(F)(F)O3)cc(OC)c1OC. The summed E-state index contributed by atoms with van der Waals surface area (Å²) in [4.78, 5) is 24.0. The van der Waals surface area contributed by atoms with Gasteiger partial charge in [0.05, 0.1) is 21.3 Å². The Kier molecular flexibility index (Phi) is 6.86. The molecule has 32 heavy (non-hydrogen) atoms. The largest absolute Gasteiger partial charge is 0.586 e. The topological polar surface area (TPSA) is 102 Å². The van der Waals surface area contributed by atoms with Gasteiger partial charge >= 0.3 is 12.3 Å². The van der Waals surface area contributed by atoms with E-state index in [1.165, 1.54) is 39.5 Å². The maximum atomic E-state index is 13.0. The Morgan fingerprint density at radius 1 is 0.969 bits per heavy atom. The lowest BCUT2D eigenvalue weighted by atomic mass is 10.1. The number of ether oxygens (including phenoxy) is 6. The molecule has 1 aliphatic rings. The number of esters is 1. The molecule has 1 amide bonds. The van der Waals surface area contributed by atoms with Gasteiger partial charge in [-0.3, -0.25) is 9.59 Å². The molecule has 2 aromatic rings. The Bertz CT molecular complexity index is 986. The average molecular weight is 453 g/mol. The summed E-state index contributed by atoms with van der Waals surface area (Å²) in [5.41, 5.74) is 0.932. The number of rotatable bonds is 9. The lowest BCUT2D eigenvalue weighted by Gasteiger charge is -2.14. The molecular weight excluding hydrogens is 432 g/mol. The van der Waals surface area contributed by atoms with Gasteiger partial charge in [-0.1, -0.05) is 0 Å². The van der Waals surface area contributed by atoms with Gasteiger partial charge in [0.2, 0.25) is 5.75 Å². The van der Waals surface area contributed by atoms with Crippen molar-refractivity contribution in [1.29, 1.82) is 0 Å². The predicted molar refractivity (Wildman–Crippen MR) is 107 cm³/mol. The summed E-state index contributed by atoms with van der Waals surface area (Å²) in [6.07, 6.45) is -3.43. The van der Waals surface area contributed by atoms with Crippen LogP contribution in [-0.2, 0) is 20.7 Å². The molecule has 11 heteroatoms. The summed E-state index contributed by atoms with van der Waals surface area (Å²) in [6, 6.07) is 7.19. The van der Waals surface area contributed by atoms with Gasteiger partial charge in [-0.05, 0) is 36.2 Å². The van der Waals surface area contributed by atoms with E-state index in [1.807, 2.05) is 0 Å². The van der Waals surface area contributed by atoms with Crippen molar-refractivity contribution >= 4 is 17.6 Å². The molecule has 3 rings (SSSR count). The van der Waals surface area contributed by atoms with Crippen LogP contribution < -0.4 is 29.0 Å². The number of hydrogen-bond donors (Lipinski definition) is 1. The first-order valence-electron chi connectivity index (χ1n) is 9.39. The molecule has 0 bridgehead atoms. The van der Waals surface area contributed by atoms with Gasteiger partial charge < -0.3 is 33.7 Å². The van der Waals surface area contributed by atoms with E-state index in [4.69, 9.17) is 18.9 Å². The van der Waals surface area contributed by atoms with Gasteiger partial charge in [-0.2, -0.15) is 0 Å². The van der Waals surface area contributed by atoms with Crippen LogP contribution in [0.3, 0.4) is 0 Å². The molecule has 1 heterocycles. The quantitative estimate of drug-likeness (QED) is 0.578. The highest BCUT2D eigenvalue weighted by atomic mass is 19.3. The van der Waals surface area contributed by atoms with Crippen LogP contribution in [0, 0.1) is 0 Å². The van der Waals surface area contributed by atoms with E-state index in [0.717, 1.165) is 5.56 Å². The Morgan fingerprint density at radius 2 is 1.62 bits per heavy atom. The van der Waals surface area contributed by atoms with Crippen molar-refractivity contribution < 1.29 is 46.8 Å². The molecule has 0 aromatic heterocycles. The first kappa shape index (κ1) is 22.9. The minimum absolute atomic E-state index is 0.00498. The highest BCUT2D eigenvalue weighted by Gasteiger charge is 2.43. The van der Waals surface area contributed by atoms with Crippen molar-refractivity contribution in [3.63, 3.8) is 0 Å². The summed E-state index contributed by atoms with van der Waals surface area (Å²) < 4.78 is 55.4. The number of fused-ring (bicyclic) bond motifs is 1. The van der Waals surface area contributed by atoms with Crippen LogP contribution in [0.5, 0.6) is 28.7 Å². The third kappa shape index (κ3) is 5.48. The minimum Gasteiger partial charge on any atom is -0.493 e. The molecule has 0 fully saturated rings. The van der Waals surface area contributed by atoms with E-state index in [0.29, 0.717) is 23.7 Å². The van der Waals surface area contributed by atoms with Crippen LogP contribution in [0.1, 0.15) is 12.0 Å². The maximum absolute atomic E-state index is 13.0. The highest BCUT2D eigenvalue weighted by Crippen LogP contribution is 2.42. The van der Waals surface area contributed by atoms with E-state index in [2.05, 4.69) is 14.8 Å². The normalized spacial score (nSPS) is 13.3. The maximum Gasteiger partial charge on any atom is 0.586 e. The second-order valence-electron chi connectivity index (χ2n) is 6.57. The van der Waals surface area contributed by atoms with Gasteiger partial charge in [0.25, 0.3) is 5.91 Å². The number of benzene rings is 2. The number of halogens is 2. The number of nitrogens with one attached hydrogen (secondary N) is 1. The number of carbonyl (C=O) groups is 2. The fourth-order valence-electron chi connectivity index (χ4n) is 2.97. The second-order valence-corrected chi connectivity index (χ2v) is 6.57. The molecule has 1 aliphatic heterocycles. The Balaban J connectivity index is 1.49. The van der Waals surface area contributed by atoms with Crippen LogP contribution in [0.2, 0.25) is 0 Å². The van der Waals surface area contributed by atoms with Crippen LogP contribution in [-0.4, -0.2) is 46.1 Å². The molecule has 1 N–H and O–H groups in total. The summed E-state index contributed by atoms with van der Waals surface area (Å²) in [6.45, 7) is -0.543. The van der Waals surface area contributed by atoms with Crippen molar-refractivity contribution in [3.8, 4) is 28.7 Å². The minimum atomic E-state index is -3.75. The molecule has 9 nitrogen and oxygen atoms in total. The Morgan fingerprint density at radius 3 is 2.25 bits per heavy atom. The molecule has 0 saturated heterocycles. The van der Waals surface area contributed by atoms with E-state index in [1.54, 1.807) is 12.1 Å². The molecular formula is C21H21F2NO8. The fourth-order valence-corrected chi connectivity index (χ4v) is 2.97. The number of hydrogen-bond acceptors (Lipinski definition) is 8. The van der Waals surface area contributed by atoms with Gasteiger partial charge in [0.15, 0.2) is 29.6 Å². The zero-order valence-corrected chi connectivity index (χ0v) is 17.5. The molecule has 0 saturated carbocycles. The van der Waals surface area contributed by atoms with Crippen molar-refractivity contribution in [2.75, 3.05) is 33.3 Å². The molecule has 0 spiro atoms. The lowest BCUT2D eigenvalue weighted by molar-refractivity contribution is -0.286. The van der Waals surface area contributed by atoms with Crippen molar-refractivity contribution in [2.24, 2.45) is 0 Å². The molecule has 0 aliphatic carbocycles. The number of alkyl halides is 2. The monoisotopic (exact) mass is 453 g/mol. The molecule has 0 unspecified atom stereocenters. The third-order valence-corrected chi connectivity index (χ3v) is 4.39.